The number of aromatic nitrogens is 5. The lowest BCUT2D eigenvalue weighted by Crippen LogP contribution is -2.24. The van der Waals surface area contributed by atoms with E-state index in [-0.39, 0.29) is 5.56 Å². The van der Waals surface area contributed by atoms with E-state index in [1.54, 1.807) is 4.57 Å². The van der Waals surface area contributed by atoms with Gasteiger partial charge in [-0.3, -0.25) is 13.9 Å². The second-order valence-electron chi connectivity index (χ2n) is 7.58. The quantitative estimate of drug-likeness (QED) is 0.400. The smallest absolute Gasteiger partial charge is 0.265 e. The van der Waals surface area contributed by atoms with E-state index in [2.05, 4.69) is 6.92 Å². The molecule has 150 valence electrons. The average Bonchev–Trinajstić information content (AvgIpc) is 3.07. The molecule has 6 heteroatoms. The summed E-state index contributed by atoms with van der Waals surface area (Å²) in [6.45, 7) is 4.73. The molecule has 0 spiro atoms. The SMILES string of the molecule is CCCCCn1c(C)nc2c(c1=O)c1nc3ccccc3nc1n2-c1ccccc1. The van der Waals surface area contributed by atoms with Crippen LogP contribution in [-0.4, -0.2) is 24.1 Å². The van der Waals surface area contributed by atoms with Crippen LogP contribution in [0.3, 0.4) is 0 Å². The van der Waals surface area contributed by atoms with Gasteiger partial charge in [-0.05, 0) is 37.6 Å². The Bertz CT molecular complexity index is 1430. The van der Waals surface area contributed by atoms with Crippen molar-refractivity contribution in [2.24, 2.45) is 0 Å². The molecule has 0 radical (unpaired) electrons. The van der Waals surface area contributed by atoms with Gasteiger partial charge in [0.05, 0.1) is 11.0 Å². The van der Waals surface area contributed by atoms with Crippen LogP contribution < -0.4 is 5.56 Å². The highest BCUT2D eigenvalue weighted by Crippen LogP contribution is 2.28. The highest BCUT2D eigenvalue weighted by molar-refractivity contribution is 6.05. The Hall–Kier alpha value is -3.54. The van der Waals surface area contributed by atoms with Crippen molar-refractivity contribution in [3.8, 4) is 5.69 Å². The third-order valence-electron chi connectivity index (χ3n) is 5.55. The summed E-state index contributed by atoms with van der Waals surface area (Å²) >= 11 is 0. The Balaban J connectivity index is 1.91. The van der Waals surface area contributed by atoms with Crippen LogP contribution >= 0.6 is 0 Å². The van der Waals surface area contributed by atoms with Crippen LogP contribution in [0.5, 0.6) is 0 Å². The molecule has 0 fully saturated rings. The number of unbranched alkanes of at least 4 members (excludes halogenated alkanes) is 2. The predicted molar refractivity (Wildman–Crippen MR) is 120 cm³/mol. The summed E-state index contributed by atoms with van der Waals surface area (Å²) in [7, 11) is 0. The number of hydrogen-bond acceptors (Lipinski definition) is 4. The summed E-state index contributed by atoms with van der Waals surface area (Å²) in [5, 5.41) is 0.536. The molecule has 0 aliphatic heterocycles. The predicted octanol–water partition coefficient (Wildman–Crippen LogP) is 4.78. The highest BCUT2D eigenvalue weighted by atomic mass is 16.1. The molecule has 0 unspecified atom stereocenters. The van der Waals surface area contributed by atoms with E-state index in [1.165, 1.54) is 0 Å². The first-order valence-electron chi connectivity index (χ1n) is 10.4. The third-order valence-corrected chi connectivity index (χ3v) is 5.55. The molecule has 0 amide bonds. The van der Waals surface area contributed by atoms with E-state index in [0.29, 0.717) is 34.6 Å². The van der Waals surface area contributed by atoms with Crippen molar-refractivity contribution in [1.29, 1.82) is 0 Å². The molecule has 3 heterocycles. The zero-order valence-corrected chi connectivity index (χ0v) is 17.2. The van der Waals surface area contributed by atoms with Gasteiger partial charge in [-0.25, -0.2) is 15.0 Å². The number of nitrogens with zero attached hydrogens (tertiary/aromatic N) is 5. The number of hydrogen-bond donors (Lipinski definition) is 0. The number of fused-ring (bicyclic) bond motifs is 4. The summed E-state index contributed by atoms with van der Waals surface area (Å²) in [5.41, 5.74) is 4.31. The molecule has 5 aromatic rings. The fourth-order valence-electron chi connectivity index (χ4n) is 4.04. The molecule has 6 nitrogen and oxygen atoms in total. The van der Waals surface area contributed by atoms with Gasteiger partial charge in [-0.1, -0.05) is 50.1 Å². The lowest BCUT2D eigenvalue weighted by Gasteiger charge is -2.10. The minimum Gasteiger partial charge on any atom is -0.296 e. The van der Waals surface area contributed by atoms with Crippen LogP contribution in [0.4, 0.5) is 0 Å². The number of aryl methyl sites for hydroxylation is 1. The minimum atomic E-state index is -0.0436. The van der Waals surface area contributed by atoms with Crippen LogP contribution in [-0.2, 0) is 6.54 Å². The molecule has 5 rings (SSSR count). The van der Waals surface area contributed by atoms with Gasteiger partial charge in [-0.15, -0.1) is 0 Å². The van der Waals surface area contributed by atoms with Gasteiger partial charge in [0.2, 0.25) is 0 Å². The van der Waals surface area contributed by atoms with Gasteiger partial charge < -0.3 is 0 Å². The summed E-state index contributed by atoms with van der Waals surface area (Å²) < 4.78 is 3.73. The van der Waals surface area contributed by atoms with E-state index in [0.717, 1.165) is 36.0 Å². The fraction of sp³-hybridized carbons (Fsp3) is 0.250. The fourth-order valence-corrected chi connectivity index (χ4v) is 4.04. The van der Waals surface area contributed by atoms with Crippen LogP contribution in [0.2, 0.25) is 0 Å². The van der Waals surface area contributed by atoms with E-state index in [9.17, 15) is 4.79 Å². The van der Waals surface area contributed by atoms with Crippen molar-refractivity contribution < 1.29 is 0 Å². The van der Waals surface area contributed by atoms with Crippen LogP contribution in [0.25, 0.3) is 38.9 Å². The molecule has 0 atom stereocenters. The van der Waals surface area contributed by atoms with E-state index in [4.69, 9.17) is 15.0 Å². The largest absolute Gasteiger partial charge is 0.296 e. The zero-order chi connectivity index (χ0) is 20.7. The maximum atomic E-state index is 13.6. The molecule has 0 saturated heterocycles. The molecule has 0 aliphatic rings. The van der Waals surface area contributed by atoms with Crippen molar-refractivity contribution in [3.05, 3.63) is 70.8 Å². The van der Waals surface area contributed by atoms with Crippen molar-refractivity contribution in [2.75, 3.05) is 0 Å². The molecule has 0 saturated carbocycles. The van der Waals surface area contributed by atoms with E-state index >= 15 is 0 Å². The maximum Gasteiger partial charge on any atom is 0.265 e. The molecule has 0 N–H and O–H groups in total. The van der Waals surface area contributed by atoms with Crippen molar-refractivity contribution >= 4 is 33.2 Å². The Labute approximate surface area is 173 Å². The standard InChI is InChI=1S/C24H23N5O/c1-3-4-10-15-28-16(2)25-22-20(24(28)30)21-23(29(22)17-11-6-5-7-12-17)27-19-14-9-8-13-18(19)26-21/h5-9,11-14H,3-4,10,15H2,1-2H3. The normalized spacial score (nSPS) is 11.7. The Morgan fingerprint density at radius 3 is 2.27 bits per heavy atom. The Morgan fingerprint density at radius 1 is 0.833 bits per heavy atom. The Kier molecular flexibility index (Phi) is 4.54. The minimum absolute atomic E-state index is 0.0436. The van der Waals surface area contributed by atoms with Crippen LogP contribution in [0, 0.1) is 6.92 Å². The number of rotatable bonds is 5. The molecule has 0 aliphatic carbocycles. The second kappa shape index (κ2) is 7.37. The summed E-state index contributed by atoms with van der Waals surface area (Å²) in [6, 6.07) is 17.7. The molecule has 2 aromatic carbocycles. The van der Waals surface area contributed by atoms with Crippen molar-refractivity contribution in [2.45, 2.75) is 39.7 Å². The lowest BCUT2D eigenvalue weighted by molar-refractivity contribution is 0.570. The first kappa shape index (κ1) is 18.5. The molecule has 0 bridgehead atoms. The van der Waals surface area contributed by atoms with Gasteiger partial charge in [0.15, 0.2) is 11.3 Å². The topological polar surface area (TPSA) is 65.6 Å². The average molecular weight is 397 g/mol. The van der Waals surface area contributed by atoms with Gasteiger partial charge in [0.25, 0.3) is 5.56 Å². The van der Waals surface area contributed by atoms with Crippen LogP contribution in [0.15, 0.2) is 59.4 Å². The van der Waals surface area contributed by atoms with Gasteiger partial charge in [-0.2, -0.15) is 0 Å². The lowest BCUT2D eigenvalue weighted by atomic mass is 10.2. The number of benzene rings is 2. The summed E-state index contributed by atoms with van der Waals surface area (Å²) in [4.78, 5) is 28.2. The van der Waals surface area contributed by atoms with Crippen LogP contribution in [0.1, 0.15) is 32.0 Å². The third kappa shape index (κ3) is 2.87. The number of para-hydroxylation sites is 3. The molecule has 30 heavy (non-hydrogen) atoms. The summed E-state index contributed by atoms with van der Waals surface area (Å²) in [6.07, 6.45) is 3.14. The highest BCUT2D eigenvalue weighted by Gasteiger charge is 2.21. The van der Waals surface area contributed by atoms with E-state index < -0.39 is 0 Å². The molecule has 3 aromatic heterocycles. The monoisotopic (exact) mass is 397 g/mol. The zero-order valence-electron chi connectivity index (χ0n) is 17.2. The Morgan fingerprint density at radius 2 is 1.53 bits per heavy atom. The van der Waals surface area contributed by atoms with Crippen molar-refractivity contribution in [3.63, 3.8) is 0 Å². The van der Waals surface area contributed by atoms with E-state index in [1.807, 2.05) is 66.1 Å². The first-order chi connectivity index (χ1) is 14.7. The van der Waals surface area contributed by atoms with Gasteiger partial charge in [0.1, 0.15) is 16.7 Å². The molecular formula is C24H23N5O. The van der Waals surface area contributed by atoms with Gasteiger partial charge >= 0.3 is 0 Å². The molecular weight excluding hydrogens is 374 g/mol. The van der Waals surface area contributed by atoms with Gasteiger partial charge in [0, 0.05) is 12.2 Å². The first-order valence-corrected chi connectivity index (χ1v) is 10.4. The maximum absolute atomic E-state index is 13.6. The van der Waals surface area contributed by atoms with Crippen molar-refractivity contribution in [1.82, 2.24) is 24.1 Å². The second-order valence-corrected chi connectivity index (χ2v) is 7.58. The summed E-state index contributed by atoms with van der Waals surface area (Å²) in [5.74, 6) is 0.716.